The van der Waals surface area contributed by atoms with Crippen molar-refractivity contribution in [2.75, 3.05) is 5.32 Å². The summed E-state index contributed by atoms with van der Waals surface area (Å²) in [6.07, 6.45) is 0.291. The average molecular weight is 357 g/mol. The maximum absolute atomic E-state index is 12.4. The van der Waals surface area contributed by atoms with Crippen LogP contribution in [-0.4, -0.2) is 10.9 Å². The maximum atomic E-state index is 12.4. The van der Waals surface area contributed by atoms with Gasteiger partial charge in [0.1, 0.15) is 5.01 Å². The van der Waals surface area contributed by atoms with Gasteiger partial charge in [-0.15, -0.1) is 11.3 Å². The number of amides is 1. The standard InChI is InChI=1S/C19H20N2OS2/c1-19(2,3)15-6-4-5-7-16(15)21-17(22)10-14-12-24-18(20-14)13-8-9-23-11-13/h4-9,11-12H,10H2,1-3H3,(H,21,22). The summed E-state index contributed by atoms with van der Waals surface area (Å²) >= 11 is 3.23. The third kappa shape index (κ3) is 3.91. The summed E-state index contributed by atoms with van der Waals surface area (Å²) < 4.78 is 0. The van der Waals surface area contributed by atoms with Crippen LogP contribution in [0.3, 0.4) is 0 Å². The molecule has 124 valence electrons. The van der Waals surface area contributed by atoms with Gasteiger partial charge in [0.05, 0.1) is 12.1 Å². The molecule has 1 N–H and O–H groups in total. The lowest BCUT2D eigenvalue weighted by molar-refractivity contribution is -0.115. The van der Waals surface area contributed by atoms with Crippen LogP contribution in [0.2, 0.25) is 0 Å². The number of carbonyl (C=O) groups excluding carboxylic acids is 1. The van der Waals surface area contributed by atoms with Crippen molar-refractivity contribution >= 4 is 34.3 Å². The van der Waals surface area contributed by atoms with Gasteiger partial charge in [-0.3, -0.25) is 4.79 Å². The van der Waals surface area contributed by atoms with Gasteiger partial charge >= 0.3 is 0 Å². The number of para-hydroxylation sites is 1. The summed E-state index contributed by atoms with van der Waals surface area (Å²) in [6, 6.07) is 10.0. The van der Waals surface area contributed by atoms with Crippen molar-refractivity contribution in [2.45, 2.75) is 32.6 Å². The van der Waals surface area contributed by atoms with Crippen LogP contribution in [0.1, 0.15) is 32.0 Å². The second-order valence-corrected chi connectivity index (χ2v) is 8.31. The van der Waals surface area contributed by atoms with Crippen LogP contribution in [0.5, 0.6) is 0 Å². The minimum Gasteiger partial charge on any atom is -0.325 e. The Labute approximate surface area is 150 Å². The minimum absolute atomic E-state index is 0.0172. The quantitative estimate of drug-likeness (QED) is 0.684. The van der Waals surface area contributed by atoms with E-state index in [1.807, 2.05) is 35.0 Å². The van der Waals surface area contributed by atoms with E-state index in [1.165, 1.54) is 0 Å². The first-order valence-electron chi connectivity index (χ1n) is 7.80. The van der Waals surface area contributed by atoms with Crippen LogP contribution in [0.15, 0.2) is 46.5 Å². The van der Waals surface area contributed by atoms with E-state index in [1.54, 1.807) is 22.7 Å². The van der Waals surface area contributed by atoms with Crippen LogP contribution < -0.4 is 5.32 Å². The molecule has 5 heteroatoms. The van der Waals surface area contributed by atoms with Crippen LogP contribution in [0.4, 0.5) is 5.69 Å². The Balaban J connectivity index is 1.71. The summed E-state index contributed by atoms with van der Waals surface area (Å²) in [4.78, 5) is 17.0. The van der Waals surface area contributed by atoms with E-state index in [9.17, 15) is 4.79 Å². The normalized spacial score (nSPS) is 11.5. The molecule has 2 heterocycles. The Hall–Kier alpha value is -1.98. The highest BCUT2D eigenvalue weighted by atomic mass is 32.1. The zero-order valence-corrected chi connectivity index (χ0v) is 15.6. The molecule has 3 nitrogen and oxygen atoms in total. The summed E-state index contributed by atoms with van der Waals surface area (Å²) in [5.41, 5.74) is 3.93. The first-order valence-corrected chi connectivity index (χ1v) is 9.62. The number of anilines is 1. The van der Waals surface area contributed by atoms with Gasteiger partial charge in [0.25, 0.3) is 0 Å². The number of nitrogens with one attached hydrogen (secondary N) is 1. The van der Waals surface area contributed by atoms with E-state index < -0.39 is 0 Å². The van der Waals surface area contributed by atoms with E-state index in [2.05, 4.69) is 42.5 Å². The highest BCUT2D eigenvalue weighted by Gasteiger charge is 2.19. The molecule has 0 aliphatic rings. The Morgan fingerprint density at radius 3 is 2.67 bits per heavy atom. The van der Waals surface area contributed by atoms with Crippen molar-refractivity contribution in [2.24, 2.45) is 0 Å². The van der Waals surface area contributed by atoms with Crippen molar-refractivity contribution < 1.29 is 4.79 Å². The zero-order valence-electron chi connectivity index (χ0n) is 14.0. The Morgan fingerprint density at radius 2 is 1.96 bits per heavy atom. The number of rotatable bonds is 4. The van der Waals surface area contributed by atoms with Crippen LogP contribution in [-0.2, 0) is 16.6 Å². The molecule has 0 saturated heterocycles. The molecule has 0 aliphatic heterocycles. The van der Waals surface area contributed by atoms with Crippen molar-refractivity contribution in [1.29, 1.82) is 0 Å². The average Bonchev–Trinajstić information content (AvgIpc) is 3.17. The molecular formula is C19H20N2OS2. The van der Waals surface area contributed by atoms with Gasteiger partial charge in [-0.25, -0.2) is 4.98 Å². The largest absolute Gasteiger partial charge is 0.325 e. The number of carbonyl (C=O) groups is 1. The smallest absolute Gasteiger partial charge is 0.230 e. The highest BCUT2D eigenvalue weighted by Crippen LogP contribution is 2.29. The number of thiazole rings is 1. The van der Waals surface area contributed by atoms with Gasteiger partial charge in [0, 0.05) is 22.0 Å². The molecule has 3 rings (SSSR count). The number of nitrogens with zero attached hydrogens (tertiary/aromatic N) is 1. The third-order valence-corrected chi connectivity index (χ3v) is 5.29. The molecule has 0 fully saturated rings. The lowest BCUT2D eigenvalue weighted by Gasteiger charge is -2.22. The van der Waals surface area contributed by atoms with Gasteiger partial charge in [0.15, 0.2) is 0 Å². The predicted octanol–water partition coefficient (Wildman–Crippen LogP) is 5.35. The van der Waals surface area contributed by atoms with Crippen LogP contribution >= 0.6 is 22.7 Å². The lowest BCUT2D eigenvalue weighted by atomic mass is 9.86. The molecule has 24 heavy (non-hydrogen) atoms. The van der Waals surface area contributed by atoms with Crippen molar-refractivity contribution in [1.82, 2.24) is 4.98 Å². The highest BCUT2D eigenvalue weighted by molar-refractivity contribution is 7.14. The fourth-order valence-corrected chi connectivity index (χ4v) is 4.04. The zero-order chi connectivity index (χ0) is 17.2. The molecular weight excluding hydrogens is 336 g/mol. The van der Waals surface area contributed by atoms with Crippen LogP contribution in [0.25, 0.3) is 10.6 Å². The second kappa shape index (κ2) is 6.87. The molecule has 0 aliphatic carbocycles. The summed E-state index contributed by atoms with van der Waals surface area (Å²) in [5.74, 6) is -0.0335. The van der Waals surface area contributed by atoms with Crippen molar-refractivity contribution in [3.63, 3.8) is 0 Å². The van der Waals surface area contributed by atoms with Gasteiger partial charge in [-0.05, 0) is 28.5 Å². The first kappa shape index (κ1) is 16.9. The Bertz CT molecular complexity index is 829. The predicted molar refractivity (Wildman–Crippen MR) is 103 cm³/mol. The number of aromatic nitrogens is 1. The van der Waals surface area contributed by atoms with E-state index in [-0.39, 0.29) is 11.3 Å². The van der Waals surface area contributed by atoms with Gasteiger partial charge in [-0.2, -0.15) is 11.3 Å². The molecule has 0 spiro atoms. The molecule has 0 radical (unpaired) electrons. The van der Waals surface area contributed by atoms with Gasteiger partial charge in [-0.1, -0.05) is 39.0 Å². The number of thiophene rings is 1. The molecule has 1 amide bonds. The lowest BCUT2D eigenvalue weighted by Crippen LogP contribution is -2.20. The first-order chi connectivity index (χ1) is 11.4. The molecule has 0 atom stereocenters. The van der Waals surface area contributed by atoms with E-state index in [0.29, 0.717) is 6.42 Å². The monoisotopic (exact) mass is 356 g/mol. The maximum Gasteiger partial charge on any atom is 0.230 e. The summed E-state index contributed by atoms with van der Waals surface area (Å²) in [5, 5.41) is 10.1. The molecule has 3 aromatic rings. The van der Waals surface area contributed by atoms with Gasteiger partial charge < -0.3 is 5.32 Å². The molecule has 0 saturated carbocycles. The number of hydrogen-bond donors (Lipinski definition) is 1. The van der Waals surface area contributed by atoms with E-state index >= 15 is 0 Å². The second-order valence-electron chi connectivity index (χ2n) is 6.68. The fraction of sp³-hybridized carbons (Fsp3) is 0.263. The molecule has 2 aromatic heterocycles. The molecule has 0 bridgehead atoms. The number of hydrogen-bond acceptors (Lipinski definition) is 4. The Kier molecular flexibility index (Phi) is 4.83. The third-order valence-electron chi connectivity index (χ3n) is 3.67. The summed E-state index contributed by atoms with van der Waals surface area (Å²) in [7, 11) is 0. The fourth-order valence-electron chi connectivity index (χ4n) is 2.51. The number of benzene rings is 1. The van der Waals surface area contributed by atoms with Gasteiger partial charge in [0.2, 0.25) is 5.91 Å². The van der Waals surface area contributed by atoms with E-state index in [4.69, 9.17) is 0 Å². The SMILES string of the molecule is CC(C)(C)c1ccccc1NC(=O)Cc1csc(-c2ccsc2)n1. The molecule has 0 unspecified atom stereocenters. The summed E-state index contributed by atoms with van der Waals surface area (Å²) in [6.45, 7) is 6.43. The van der Waals surface area contributed by atoms with E-state index in [0.717, 1.165) is 27.5 Å². The minimum atomic E-state index is -0.0335. The topological polar surface area (TPSA) is 42.0 Å². The van der Waals surface area contributed by atoms with Crippen molar-refractivity contribution in [3.8, 4) is 10.6 Å². The van der Waals surface area contributed by atoms with Crippen LogP contribution in [0, 0.1) is 0 Å². The molecule has 1 aromatic carbocycles. The van der Waals surface area contributed by atoms with Crippen molar-refractivity contribution in [3.05, 3.63) is 57.7 Å². The Morgan fingerprint density at radius 1 is 1.17 bits per heavy atom.